The smallest absolute Gasteiger partial charge is 0.159 e. The summed E-state index contributed by atoms with van der Waals surface area (Å²) in [6.45, 7) is 0. The molecule has 3 aliphatic rings. The molecule has 0 amide bonds. The molecule has 2 heterocycles. The van der Waals surface area contributed by atoms with Crippen LogP contribution in [0.5, 0.6) is 0 Å². The van der Waals surface area contributed by atoms with Crippen LogP contribution in [0.4, 0.5) is 0 Å². The molecule has 0 radical (unpaired) electrons. The fourth-order valence-electron chi connectivity index (χ4n) is 2.99. The quantitative estimate of drug-likeness (QED) is 0.454. The summed E-state index contributed by atoms with van der Waals surface area (Å²) < 4.78 is 5.91. The minimum atomic E-state index is -0.454. The summed E-state index contributed by atoms with van der Waals surface area (Å²) in [5.74, 6) is 0.223. The molecule has 0 aromatic carbocycles. The largest absolute Gasteiger partial charge is 0.361 e. The topological polar surface area (TPSA) is 26.3 Å². The normalized spacial score (nSPS) is 50.6. The van der Waals surface area contributed by atoms with Crippen molar-refractivity contribution in [3.63, 3.8) is 0 Å². The highest BCUT2D eigenvalue weighted by Crippen LogP contribution is 2.48. The second-order valence-electron chi connectivity index (χ2n) is 4.50. The standard InChI is InChI=1S/C11H13ClO2/c12-9-8-4-6-11(14-8)5-2-1-3-7(11)10(9)13/h4,6-9H,1-3,5H2/t7-,8-,9+,11+/m1/s1. The lowest BCUT2D eigenvalue weighted by molar-refractivity contribution is -0.155. The molecule has 1 spiro atoms. The molecule has 1 saturated carbocycles. The van der Waals surface area contributed by atoms with E-state index in [0.717, 1.165) is 25.7 Å². The lowest BCUT2D eigenvalue weighted by Gasteiger charge is -2.44. The second-order valence-corrected chi connectivity index (χ2v) is 4.97. The van der Waals surface area contributed by atoms with Crippen LogP contribution in [0.25, 0.3) is 0 Å². The van der Waals surface area contributed by atoms with E-state index in [2.05, 4.69) is 6.08 Å². The first kappa shape index (κ1) is 8.93. The van der Waals surface area contributed by atoms with Crippen molar-refractivity contribution in [2.75, 3.05) is 0 Å². The molecule has 14 heavy (non-hydrogen) atoms. The molecular formula is C11H13ClO2. The van der Waals surface area contributed by atoms with Crippen LogP contribution in [0.1, 0.15) is 25.7 Å². The average molecular weight is 213 g/mol. The minimum Gasteiger partial charge on any atom is -0.361 e. The minimum absolute atomic E-state index is 0.0220. The molecule has 76 valence electrons. The Labute approximate surface area is 88.3 Å². The number of ether oxygens (including phenoxy) is 1. The third-order valence-electron chi connectivity index (χ3n) is 3.73. The molecule has 0 aromatic heterocycles. The maximum absolute atomic E-state index is 12.0. The van der Waals surface area contributed by atoms with Crippen LogP contribution in [0.3, 0.4) is 0 Å². The molecule has 1 saturated heterocycles. The van der Waals surface area contributed by atoms with Crippen molar-refractivity contribution in [3.8, 4) is 0 Å². The summed E-state index contributed by atoms with van der Waals surface area (Å²) in [7, 11) is 0. The Bertz CT molecular complexity index is 312. The first-order valence-corrected chi connectivity index (χ1v) is 5.72. The van der Waals surface area contributed by atoms with Gasteiger partial charge < -0.3 is 4.74 Å². The number of fused-ring (bicyclic) bond motifs is 1. The van der Waals surface area contributed by atoms with E-state index in [-0.39, 0.29) is 23.4 Å². The van der Waals surface area contributed by atoms with Gasteiger partial charge in [0.05, 0.1) is 11.5 Å². The van der Waals surface area contributed by atoms with Crippen molar-refractivity contribution in [1.82, 2.24) is 0 Å². The fraction of sp³-hybridized carbons (Fsp3) is 0.727. The summed E-state index contributed by atoms with van der Waals surface area (Å²) in [5, 5.41) is -0.454. The van der Waals surface area contributed by atoms with Crippen LogP contribution in [0.2, 0.25) is 0 Å². The number of hydrogen-bond donors (Lipinski definition) is 0. The molecule has 1 aliphatic carbocycles. The molecule has 2 bridgehead atoms. The van der Waals surface area contributed by atoms with E-state index >= 15 is 0 Å². The maximum Gasteiger partial charge on any atom is 0.159 e. The van der Waals surface area contributed by atoms with Crippen LogP contribution in [0.15, 0.2) is 12.2 Å². The summed E-state index contributed by atoms with van der Waals surface area (Å²) >= 11 is 6.05. The monoisotopic (exact) mass is 212 g/mol. The van der Waals surface area contributed by atoms with Gasteiger partial charge in [0.2, 0.25) is 0 Å². The van der Waals surface area contributed by atoms with Crippen molar-refractivity contribution in [1.29, 1.82) is 0 Å². The number of hydrogen-bond acceptors (Lipinski definition) is 2. The third-order valence-corrected chi connectivity index (χ3v) is 4.19. The van der Waals surface area contributed by atoms with Crippen LogP contribution < -0.4 is 0 Å². The second kappa shape index (κ2) is 2.83. The highest BCUT2D eigenvalue weighted by Gasteiger charge is 2.55. The lowest BCUT2D eigenvalue weighted by Crippen LogP contribution is -2.54. The Balaban J connectivity index is 2.01. The van der Waals surface area contributed by atoms with Crippen molar-refractivity contribution in [2.24, 2.45) is 5.92 Å². The molecule has 3 heteroatoms. The fourth-order valence-corrected chi connectivity index (χ4v) is 3.28. The van der Waals surface area contributed by atoms with E-state index in [1.54, 1.807) is 0 Å². The van der Waals surface area contributed by atoms with E-state index < -0.39 is 5.38 Å². The van der Waals surface area contributed by atoms with Gasteiger partial charge in [-0.05, 0) is 12.8 Å². The average Bonchev–Trinajstić information content (AvgIpc) is 2.57. The Morgan fingerprint density at radius 2 is 2.36 bits per heavy atom. The van der Waals surface area contributed by atoms with E-state index in [9.17, 15) is 4.79 Å². The van der Waals surface area contributed by atoms with Gasteiger partial charge in [-0.3, -0.25) is 4.79 Å². The van der Waals surface area contributed by atoms with Crippen molar-refractivity contribution < 1.29 is 9.53 Å². The molecule has 0 N–H and O–H groups in total. The van der Waals surface area contributed by atoms with Crippen LogP contribution in [0, 0.1) is 5.92 Å². The predicted molar refractivity (Wildman–Crippen MR) is 53.4 cm³/mol. The molecule has 2 fully saturated rings. The number of carbonyl (C=O) groups is 1. The van der Waals surface area contributed by atoms with Gasteiger partial charge in [0.15, 0.2) is 5.78 Å². The Morgan fingerprint density at radius 3 is 3.21 bits per heavy atom. The first-order chi connectivity index (χ1) is 6.73. The number of halogens is 1. The van der Waals surface area contributed by atoms with Gasteiger partial charge >= 0.3 is 0 Å². The number of carbonyl (C=O) groups excluding carboxylic acids is 1. The number of ketones is 1. The van der Waals surface area contributed by atoms with E-state index in [4.69, 9.17) is 16.3 Å². The van der Waals surface area contributed by atoms with Crippen molar-refractivity contribution in [3.05, 3.63) is 12.2 Å². The maximum atomic E-state index is 12.0. The number of alkyl halides is 1. The van der Waals surface area contributed by atoms with Crippen molar-refractivity contribution in [2.45, 2.75) is 42.8 Å². The van der Waals surface area contributed by atoms with E-state index in [1.165, 1.54) is 0 Å². The zero-order chi connectivity index (χ0) is 9.76. The van der Waals surface area contributed by atoms with Gasteiger partial charge in [-0.1, -0.05) is 25.0 Å². The molecule has 3 rings (SSSR count). The number of rotatable bonds is 0. The number of Topliss-reactive ketones (excluding diaryl/α,β-unsaturated/α-hetero) is 1. The molecule has 2 aliphatic heterocycles. The highest BCUT2D eigenvalue weighted by atomic mass is 35.5. The van der Waals surface area contributed by atoms with Crippen LogP contribution in [-0.2, 0) is 9.53 Å². The first-order valence-electron chi connectivity index (χ1n) is 5.28. The zero-order valence-electron chi connectivity index (χ0n) is 7.91. The van der Waals surface area contributed by atoms with Crippen LogP contribution >= 0.6 is 11.6 Å². The summed E-state index contributed by atoms with van der Waals surface area (Å²) in [5.41, 5.74) is -0.272. The van der Waals surface area contributed by atoms with Crippen molar-refractivity contribution >= 4 is 17.4 Å². The molecular weight excluding hydrogens is 200 g/mol. The molecule has 0 aromatic rings. The van der Waals surface area contributed by atoms with Gasteiger partial charge in [-0.25, -0.2) is 0 Å². The van der Waals surface area contributed by atoms with Crippen LogP contribution in [-0.4, -0.2) is 22.9 Å². The molecule has 0 unspecified atom stereocenters. The van der Waals surface area contributed by atoms with E-state index in [0.29, 0.717) is 0 Å². The predicted octanol–water partition coefficient (Wildman–Crippen LogP) is 2.06. The van der Waals surface area contributed by atoms with Gasteiger partial charge in [-0.15, -0.1) is 11.6 Å². The highest BCUT2D eigenvalue weighted by molar-refractivity contribution is 6.32. The Kier molecular flexibility index (Phi) is 1.80. The lowest BCUT2D eigenvalue weighted by atomic mass is 9.72. The third kappa shape index (κ3) is 0.986. The Morgan fingerprint density at radius 1 is 1.50 bits per heavy atom. The van der Waals surface area contributed by atoms with Gasteiger partial charge in [0.1, 0.15) is 11.5 Å². The Hall–Kier alpha value is -0.340. The molecule has 4 atom stereocenters. The van der Waals surface area contributed by atoms with Gasteiger partial charge in [0.25, 0.3) is 0 Å². The summed E-state index contributed by atoms with van der Waals surface area (Å²) in [4.78, 5) is 12.0. The summed E-state index contributed by atoms with van der Waals surface area (Å²) in [6, 6.07) is 0. The zero-order valence-corrected chi connectivity index (χ0v) is 8.67. The van der Waals surface area contributed by atoms with Gasteiger partial charge in [0, 0.05) is 0 Å². The molecule has 2 nitrogen and oxygen atoms in total. The summed E-state index contributed by atoms with van der Waals surface area (Å²) in [6.07, 6.45) is 8.11. The van der Waals surface area contributed by atoms with Gasteiger partial charge in [-0.2, -0.15) is 0 Å². The van der Waals surface area contributed by atoms with E-state index in [1.807, 2.05) is 6.08 Å². The SMILES string of the molecule is O=C1[C@@H](Cl)[C@H]2C=C[C@]3(CCCC[C@H]13)O2.